The minimum absolute atomic E-state index is 0.727. The van der Waals surface area contributed by atoms with Gasteiger partial charge >= 0.3 is 5.97 Å². The fourth-order valence-electron chi connectivity index (χ4n) is 3.27. The van der Waals surface area contributed by atoms with Crippen LogP contribution in [0.2, 0.25) is 0 Å². The lowest BCUT2D eigenvalue weighted by Gasteiger charge is -2.32. The van der Waals surface area contributed by atoms with E-state index in [0.29, 0.717) is 0 Å². The maximum absolute atomic E-state index is 10.7. The minimum Gasteiger partial charge on any atom is -0.478 e. The monoisotopic (exact) mass is 352 g/mol. The number of anilines is 1. The van der Waals surface area contributed by atoms with Crippen LogP contribution in [-0.4, -0.2) is 47.7 Å². The first kappa shape index (κ1) is 18.1. The van der Waals surface area contributed by atoms with Crippen molar-refractivity contribution in [3.63, 3.8) is 0 Å². The lowest BCUT2D eigenvalue weighted by molar-refractivity contribution is -0.131. The van der Waals surface area contributed by atoms with Crippen molar-refractivity contribution >= 4 is 17.9 Å². The second-order valence-corrected chi connectivity index (χ2v) is 6.55. The van der Waals surface area contributed by atoms with Crippen molar-refractivity contribution in [3.05, 3.63) is 48.3 Å². The minimum atomic E-state index is -0.959. The number of rotatable bonds is 6. The molecular formula is C20H24N4O2. The van der Waals surface area contributed by atoms with Crippen LogP contribution in [0.1, 0.15) is 18.4 Å². The average Bonchev–Trinajstić information content (AvgIpc) is 2.68. The molecule has 0 spiro atoms. The van der Waals surface area contributed by atoms with Crippen LogP contribution in [-0.2, 0) is 4.79 Å². The van der Waals surface area contributed by atoms with E-state index in [2.05, 4.69) is 15.2 Å². The highest BCUT2D eigenvalue weighted by Crippen LogP contribution is 2.24. The summed E-state index contributed by atoms with van der Waals surface area (Å²) in [6, 6.07) is 7.65. The van der Waals surface area contributed by atoms with E-state index < -0.39 is 5.97 Å². The number of carboxylic acid groups (broad SMARTS) is 1. The Morgan fingerprint density at radius 1 is 1.35 bits per heavy atom. The van der Waals surface area contributed by atoms with Crippen molar-refractivity contribution in [1.29, 1.82) is 0 Å². The molecule has 1 aliphatic heterocycles. The Bertz CT molecular complexity index is 783. The largest absolute Gasteiger partial charge is 0.478 e. The molecule has 0 saturated carbocycles. The molecular weight excluding hydrogens is 328 g/mol. The molecule has 1 fully saturated rings. The molecule has 0 aliphatic carbocycles. The Morgan fingerprint density at radius 2 is 2.15 bits per heavy atom. The number of benzene rings is 1. The van der Waals surface area contributed by atoms with Gasteiger partial charge in [0, 0.05) is 24.7 Å². The molecule has 3 rings (SSSR count). The molecule has 0 bridgehead atoms. The molecule has 0 amide bonds. The molecule has 1 aromatic carbocycles. The zero-order valence-corrected chi connectivity index (χ0v) is 14.9. The van der Waals surface area contributed by atoms with Crippen LogP contribution in [0.3, 0.4) is 0 Å². The fraction of sp³-hybridized carbons (Fsp3) is 0.350. The van der Waals surface area contributed by atoms with Crippen molar-refractivity contribution in [2.75, 3.05) is 31.6 Å². The van der Waals surface area contributed by atoms with Crippen LogP contribution in [0, 0.1) is 5.92 Å². The summed E-state index contributed by atoms with van der Waals surface area (Å²) in [5.74, 6) is 0.667. The molecule has 26 heavy (non-hydrogen) atoms. The summed E-state index contributed by atoms with van der Waals surface area (Å²) in [5, 5.41) is 12.0. The highest BCUT2D eigenvalue weighted by atomic mass is 16.4. The van der Waals surface area contributed by atoms with Gasteiger partial charge < -0.3 is 15.3 Å². The van der Waals surface area contributed by atoms with E-state index in [1.54, 1.807) is 12.3 Å². The molecule has 136 valence electrons. The van der Waals surface area contributed by atoms with Crippen LogP contribution in [0.4, 0.5) is 5.82 Å². The molecule has 6 nitrogen and oxygen atoms in total. The molecule has 1 aromatic heterocycles. The summed E-state index contributed by atoms with van der Waals surface area (Å²) < 4.78 is 0. The second-order valence-electron chi connectivity index (χ2n) is 6.55. The average molecular weight is 352 g/mol. The summed E-state index contributed by atoms with van der Waals surface area (Å²) >= 11 is 0. The summed E-state index contributed by atoms with van der Waals surface area (Å²) in [4.78, 5) is 22.1. The van der Waals surface area contributed by atoms with Crippen LogP contribution in [0.5, 0.6) is 0 Å². The lowest BCUT2D eigenvalue weighted by Crippen LogP contribution is -2.37. The van der Waals surface area contributed by atoms with E-state index >= 15 is 0 Å². The highest BCUT2D eigenvalue weighted by molar-refractivity contribution is 5.85. The van der Waals surface area contributed by atoms with Gasteiger partial charge in [-0.25, -0.2) is 9.78 Å². The number of nitrogens with zero attached hydrogens (tertiary/aromatic N) is 3. The van der Waals surface area contributed by atoms with E-state index in [-0.39, 0.29) is 0 Å². The second kappa shape index (κ2) is 8.58. The molecule has 6 heteroatoms. The quantitative estimate of drug-likeness (QED) is 0.778. The Labute approximate surface area is 153 Å². The van der Waals surface area contributed by atoms with Crippen molar-refractivity contribution in [1.82, 2.24) is 15.3 Å². The predicted octanol–water partition coefficient (Wildman–Crippen LogP) is 2.68. The molecule has 1 saturated heterocycles. The van der Waals surface area contributed by atoms with Gasteiger partial charge in [0.05, 0.1) is 18.1 Å². The Kier molecular flexibility index (Phi) is 5.96. The van der Waals surface area contributed by atoms with Crippen LogP contribution in [0.25, 0.3) is 17.3 Å². The van der Waals surface area contributed by atoms with Gasteiger partial charge in [-0.1, -0.05) is 18.2 Å². The van der Waals surface area contributed by atoms with Gasteiger partial charge in [0.25, 0.3) is 0 Å². The first-order valence-corrected chi connectivity index (χ1v) is 8.89. The van der Waals surface area contributed by atoms with Gasteiger partial charge in [-0.15, -0.1) is 0 Å². The van der Waals surface area contributed by atoms with E-state index in [1.165, 1.54) is 0 Å². The Morgan fingerprint density at radius 3 is 2.88 bits per heavy atom. The molecule has 0 radical (unpaired) electrons. The molecule has 2 N–H and O–H groups in total. The standard InChI is InChI=1S/C20H24N4O2/c1-21-12-16-7-9-24(10-8-16)19-14-22-13-18(23-19)17-4-2-3-15(11-17)5-6-20(25)26/h2-6,11,13-14,16,21H,7-10,12H2,1H3,(H,25,26)/b6-5+. The van der Waals surface area contributed by atoms with Gasteiger partial charge in [-0.2, -0.15) is 0 Å². The maximum Gasteiger partial charge on any atom is 0.328 e. The summed E-state index contributed by atoms with van der Waals surface area (Å²) in [7, 11) is 2.00. The van der Waals surface area contributed by atoms with E-state index in [9.17, 15) is 4.79 Å². The third-order valence-corrected chi connectivity index (χ3v) is 4.65. The number of hydrogen-bond donors (Lipinski definition) is 2. The van der Waals surface area contributed by atoms with Gasteiger partial charge in [0.1, 0.15) is 5.82 Å². The molecule has 0 atom stereocenters. The van der Waals surface area contributed by atoms with Gasteiger partial charge in [-0.05, 0) is 50.1 Å². The molecule has 0 unspecified atom stereocenters. The lowest BCUT2D eigenvalue weighted by atomic mass is 9.97. The number of piperidine rings is 1. The summed E-state index contributed by atoms with van der Waals surface area (Å²) in [5.41, 5.74) is 2.55. The zero-order valence-electron chi connectivity index (χ0n) is 14.9. The SMILES string of the molecule is CNCC1CCN(c2cncc(-c3cccc(/C=C/C(=O)O)c3)n2)CC1. The predicted molar refractivity (Wildman–Crippen MR) is 103 cm³/mol. The topological polar surface area (TPSA) is 78.4 Å². The first-order chi connectivity index (χ1) is 12.7. The molecule has 1 aliphatic rings. The zero-order chi connectivity index (χ0) is 18.4. The van der Waals surface area contributed by atoms with Gasteiger partial charge in [0.2, 0.25) is 0 Å². The maximum atomic E-state index is 10.7. The number of nitrogens with one attached hydrogen (secondary N) is 1. The van der Waals surface area contributed by atoms with Crippen LogP contribution in [0.15, 0.2) is 42.7 Å². The van der Waals surface area contributed by atoms with Crippen molar-refractivity contribution in [3.8, 4) is 11.3 Å². The van der Waals surface area contributed by atoms with Gasteiger partial charge in [-0.3, -0.25) is 4.98 Å². The fourth-order valence-corrected chi connectivity index (χ4v) is 3.27. The van der Waals surface area contributed by atoms with Crippen LogP contribution >= 0.6 is 0 Å². The van der Waals surface area contributed by atoms with E-state index in [4.69, 9.17) is 10.1 Å². The van der Waals surface area contributed by atoms with Crippen molar-refractivity contribution in [2.45, 2.75) is 12.8 Å². The number of aromatic nitrogens is 2. The van der Waals surface area contributed by atoms with Crippen molar-refractivity contribution in [2.24, 2.45) is 5.92 Å². The van der Waals surface area contributed by atoms with E-state index in [1.807, 2.05) is 37.5 Å². The number of aliphatic carboxylic acids is 1. The smallest absolute Gasteiger partial charge is 0.328 e. The third kappa shape index (κ3) is 4.67. The first-order valence-electron chi connectivity index (χ1n) is 8.89. The van der Waals surface area contributed by atoms with Gasteiger partial charge in [0.15, 0.2) is 0 Å². The number of carboxylic acids is 1. The highest BCUT2D eigenvalue weighted by Gasteiger charge is 2.20. The Hall–Kier alpha value is -2.73. The summed E-state index contributed by atoms with van der Waals surface area (Å²) in [6.07, 6.45) is 8.59. The molecule has 2 aromatic rings. The van der Waals surface area contributed by atoms with E-state index in [0.717, 1.165) is 67.1 Å². The van der Waals surface area contributed by atoms with Crippen molar-refractivity contribution < 1.29 is 9.90 Å². The normalized spacial score (nSPS) is 15.5. The number of hydrogen-bond acceptors (Lipinski definition) is 5. The third-order valence-electron chi connectivity index (χ3n) is 4.65. The Balaban J connectivity index is 1.76. The van der Waals surface area contributed by atoms with Crippen LogP contribution < -0.4 is 10.2 Å². The molecule has 2 heterocycles. The number of carbonyl (C=O) groups is 1. The summed E-state index contributed by atoms with van der Waals surface area (Å²) in [6.45, 7) is 3.05.